The fraction of sp³-hybridized carbons (Fsp3) is 0.526. The summed E-state index contributed by atoms with van der Waals surface area (Å²) < 4.78 is 5.75. The van der Waals surface area contributed by atoms with E-state index in [9.17, 15) is 5.11 Å². The largest absolute Gasteiger partial charge is 0.389 e. The summed E-state index contributed by atoms with van der Waals surface area (Å²) in [6.07, 6.45) is 1.27. The van der Waals surface area contributed by atoms with Crippen LogP contribution < -0.4 is 5.32 Å². The number of aromatic nitrogens is 2. The quantitative estimate of drug-likeness (QED) is 0.695. The normalized spacial score (nSPS) is 14.5. The number of nitrogens with one attached hydrogen (secondary N) is 2. The Morgan fingerprint density at radius 1 is 1.25 bits per heavy atom. The van der Waals surface area contributed by atoms with Gasteiger partial charge in [-0.3, -0.25) is 5.10 Å². The number of aromatic amines is 1. The molecule has 2 unspecified atom stereocenters. The average Bonchev–Trinajstić information content (AvgIpc) is 3.02. The average molecular weight is 331 g/mol. The number of rotatable bonds is 8. The van der Waals surface area contributed by atoms with Gasteiger partial charge in [0.05, 0.1) is 25.0 Å². The van der Waals surface area contributed by atoms with Crippen LogP contribution in [0.1, 0.15) is 50.6 Å². The number of aliphatic hydroxyl groups is 1. The smallest absolute Gasteiger partial charge is 0.0898 e. The van der Waals surface area contributed by atoms with E-state index in [1.54, 1.807) is 0 Å². The predicted octanol–water partition coefficient (Wildman–Crippen LogP) is 2.94. The molecule has 0 spiro atoms. The van der Waals surface area contributed by atoms with E-state index in [2.05, 4.69) is 36.3 Å². The molecule has 0 aliphatic carbocycles. The fourth-order valence-electron chi connectivity index (χ4n) is 2.60. The maximum Gasteiger partial charge on any atom is 0.0898 e. The predicted molar refractivity (Wildman–Crippen MR) is 95.8 cm³/mol. The molecule has 2 rings (SSSR count). The van der Waals surface area contributed by atoms with Gasteiger partial charge in [-0.2, -0.15) is 5.10 Å². The highest BCUT2D eigenvalue weighted by atomic mass is 16.5. The highest BCUT2D eigenvalue weighted by Crippen LogP contribution is 2.23. The Morgan fingerprint density at radius 3 is 2.62 bits per heavy atom. The molecule has 0 radical (unpaired) electrons. The molecule has 0 aliphatic heterocycles. The molecular formula is C19H29N3O2. The third kappa shape index (κ3) is 5.44. The molecule has 2 atom stereocenters. The molecule has 1 aromatic heterocycles. The monoisotopic (exact) mass is 331 g/mol. The number of nitrogens with zero attached hydrogens (tertiary/aromatic N) is 1. The fourth-order valence-corrected chi connectivity index (χ4v) is 2.60. The molecule has 1 heterocycles. The standard InChI is InChI=1S/C19H29N3O2/c1-14(15-8-6-5-7-9-15)24-13-17(23)12-20-10-16-11-21-22-18(16)19(2,3)4/h5-9,11,14,17,20,23H,10,12-13H2,1-4H3,(H,21,22). The van der Waals surface area contributed by atoms with Crippen LogP contribution >= 0.6 is 0 Å². The van der Waals surface area contributed by atoms with Crippen LogP contribution in [0.25, 0.3) is 0 Å². The van der Waals surface area contributed by atoms with Gasteiger partial charge < -0.3 is 15.2 Å². The summed E-state index contributed by atoms with van der Waals surface area (Å²) >= 11 is 0. The van der Waals surface area contributed by atoms with E-state index in [0.717, 1.165) is 16.8 Å². The summed E-state index contributed by atoms with van der Waals surface area (Å²) in [7, 11) is 0. The molecule has 1 aromatic carbocycles. The molecule has 2 aromatic rings. The van der Waals surface area contributed by atoms with Crippen LogP contribution in [0.2, 0.25) is 0 Å². The molecule has 3 N–H and O–H groups in total. The van der Waals surface area contributed by atoms with Crippen molar-refractivity contribution >= 4 is 0 Å². The van der Waals surface area contributed by atoms with Crippen molar-refractivity contribution in [3.05, 3.63) is 53.3 Å². The molecule has 0 bridgehead atoms. The van der Waals surface area contributed by atoms with Crippen LogP contribution in [-0.2, 0) is 16.7 Å². The van der Waals surface area contributed by atoms with Gasteiger partial charge in [0, 0.05) is 29.8 Å². The van der Waals surface area contributed by atoms with E-state index in [1.165, 1.54) is 0 Å². The zero-order valence-corrected chi connectivity index (χ0v) is 15.0. The van der Waals surface area contributed by atoms with E-state index in [0.29, 0.717) is 19.7 Å². The minimum atomic E-state index is -0.541. The van der Waals surface area contributed by atoms with Crippen LogP contribution in [0.15, 0.2) is 36.5 Å². The number of ether oxygens (including phenoxy) is 1. The summed E-state index contributed by atoms with van der Waals surface area (Å²) in [5.74, 6) is 0. The highest BCUT2D eigenvalue weighted by Gasteiger charge is 2.19. The molecule has 24 heavy (non-hydrogen) atoms. The Labute approximate surface area is 144 Å². The van der Waals surface area contributed by atoms with Gasteiger partial charge in [-0.15, -0.1) is 0 Å². The van der Waals surface area contributed by atoms with Gasteiger partial charge in [0.25, 0.3) is 0 Å². The SMILES string of the molecule is CC(OCC(O)CNCc1cn[nH]c1C(C)(C)C)c1ccccc1. The second-order valence-electron chi connectivity index (χ2n) is 7.19. The summed E-state index contributed by atoms with van der Waals surface area (Å²) in [5, 5.41) is 20.6. The molecule has 0 amide bonds. The van der Waals surface area contributed by atoms with Crippen molar-refractivity contribution in [3.63, 3.8) is 0 Å². The summed E-state index contributed by atoms with van der Waals surface area (Å²) in [4.78, 5) is 0. The topological polar surface area (TPSA) is 70.2 Å². The molecule has 0 aliphatic rings. The lowest BCUT2D eigenvalue weighted by Crippen LogP contribution is -2.31. The van der Waals surface area contributed by atoms with Crippen LogP contribution in [-0.4, -0.2) is 34.6 Å². The first-order valence-corrected chi connectivity index (χ1v) is 8.46. The molecular weight excluding hydrogens is 302 g/mol. The zero-order chi connectivity index (χ0) is 17.6. The van der Waals surface area contributed by atoms with Gasteiger partial charge in [-0.1, -0.05) is 51.1 Å². The van der Waals surface area contributed by atoms with E-state index in [1.807, 2.05) is 43.5 Å². The van der Waals surface area contributed by atoms with Crippen molar-refractivity contribution in [2.45, 2.75) is 51.9 Å². The number of aliphatic hydroxyl groups excluding tert-OH is 1. The van der Waals surface area contributed by atoms with Crippen molar-refractivity contribution < 1.29 is 9.84 Å². The van der Waals surface area contributed by atoms with Crippen molar-refractivity contribution in [1.29, 1.82) is 0 Å². The van der Waals surface area contributed by atoms with Crippen molar-refractivity contribution in [2.24, 2.45) is 0 Å². The van der Waals surface area contributed by atoms with Gasteiger partial charge in [0.2, 0.25) is 0 Å². The van der Waals surface area contributed by atoms with Crippen molar-refractivity contribution in [2.75, 3.05) is 13.2 Å². The molecule has 0 saturated carbocycles. The van der Waals surface area contributed by atoms with Crippen LogP contribution in [0, 0.1) is 0 Å². The Kier molecular flexibility index (Phi) is 6.54. The highest BCUT2D eigenvalue weighted by molar-refractivity contribution is 5.23. The van der Waals surface area contributed by atoms with Crippen LogP contribution in [0.4, 0.5) is 0 Å². The van der Waals surface area contributed by atoms with Gasteiger partial charge in [-0.25, -0.2) is 0 Å². The Hall–Kier alpha value is -1.69. The number of hydrogen-bond donors (Lipinski definition) is 3. The number of H-pyrrole nitrogens is 1. The minimum absolute atomic E-state index is 0.0257. The van der Waals surface area contributed by atoms with Gasteiger partial charge in [0.15, 0.2) is 0 Å². The third-order valence-corrected chi connectivity index (χ3v) is 3.97. The maximum absolute atomic E-state index is 10.1. The number of hydrogen-bond acceptors (Lipinski definition) is 4. The van der Waals surface area contributed by atoms with Crippen molar-refractivity contribution in [3.8, 4) is 0 Å². The second-order valence-corrected chi connectivity index (χ2v) is 7.19. The molecule has 5 heteroatoms. The lowest BCUT2D eigenvalue weighted by atomic mass is 9.89. The first-order chi connectivity index (χ1) is 11.4. The third-order valence-electron chi connectivity index (χ3n) is 3.97. The second kappa shape index (κ2) is 8.42. The van der Waals surface area contributed by atoms with E-state index in [-0.39, 0.29) is 11.5 Å². The first-order valence-electron chi connectivity index (χ1n) is 8.46. The summed E-state index contributed by atoms with van der Waals surface area (Å²) in [5.41, 5.74) is 3.40. The lowest BCUT2D eigenvalue weighted by molar-refractivity contribution is -0.00213. The zero-order valence-electron chi connectivity index (χ0n) is 15.0. The maximum atomic E-state index is 10.1. The van der Waals surface area contributed by atoms with Gasteiger partial charge in [-0.05, 0) is 12.5 Å². The summed E-state index contributed by atoms with van der Waals surface area (Å²) in [6, 6.07) is 10.0. The van der Waals surface area contributed by atoms with Crippen LogP contribution in [0.5, 0.6) is 0 Å². The van der Waals surface area contributed by atoms with Gasteiger partial charge >= 0.3 is 0 Å². The molecule has 5 nitrogen and oxygen atoms in total. The van der Waals surface area contributed by atoms with E-state index >= 15 is 0 Å². The Bertz CT molecular complexity index is 605. The molecule has 0 fully saturated rings. The first kappa shape index (κ1) is 18.6. The van der Waals surface area contributed by atoms with E-state index < -0.39 is 6.10 Å². The Morgan fingerprint density at radius 2 is 1.96 bits per heavy atom. The minimum Gasteiger partial charge on any atom is -0.389 e. The van der Waals surface area contributed by atoms with Crippen molar-refractivity contribution in [1.82, 2.24) is 15.5 Å². The van der Waals surface area contributed by atoms with Gasteiger partial charge in [0.1, 0.15) is 0 Å². The van der Waals surface area contributed by atoms with Crippen LogP contribution in [0.3, 0.4) is 0 Å². The molecule has 0 saturated heterocycles. The van der Waals surface area contributed by atoms with E-state index in [4.69, 9.17) is 4.74 Å². The molecule has 132 valence electrons. The number of benzene rings is 1. The lowest BCUT2D eigenvalue weighted by Gasteiger charge is -2.19. The Balaban J connectivity index is 1.72. The summed E-state index contributed by atoms with van der Waals surface area (Å²) in [6.45, 7) is 9.91.